The lowest BCUT2D eigenvalue weighted by Crippen LogP contribution is -2.28. The third-order valence-electron chi connectivity index (χ3n) is 16.2. The zero-order valence-electron chi connectivity index (χ0n) is 42.3. The number of anilines is 3. The van der Waals surface area contributed by atoms with Gasteiger partial charge in [0.1, 0.15) is 0 Å². The molecule has 13 aromatic carbocycles. The van der Waals surface area contributed by atoms with Gasteiger partial charge in [0, 0.05) is 33.2 Å². The van der Waals surface area contributed by atoms with Crippen LogP contribution in [0.4, 0.5) is 17.1 Å². The summed E-state index contributed by atoms with van der Waals surface area (Å²) in [5, 5.41) is 7.36. The fourth-order valence-corrected chi connectivity index (χ4v) is 12.7. The van der Waals surface area contributed by atoms with Crippen LogP contribution in [0.15, 0.2) is 303 Å². The molecule has 2 heteroatoms. The summed E-state index contributed by atoms with van der Waals surface area (Å²) < 4.78 is 2.43. The van der Waals surface area contributed by atoms with Crippen molar-refractivity contribution in [2.24, 2.45) is 0 Å². The first kappa shape index (κ1) is 44.5. The van der Waals surface area contributed by atoms with Gasteiger partial charge in [-0.2, -0.15) is 0 Å². The van der Waals surface area contributed by atoms with Crippen LogP contribution in [0.5, 0.6) is 0 Å². The summed E-state index contributed by atoms with van der Waals surface area (Å²) in [7, 11) is 0. The van der Waals surface area contributed by atoms with Crippen molar-refractivity contribution in [2.45, 2.75) is 5.41 Å². The zero-order chi connectivity index (χ0) is 50.9. The molecule has 15 rings (SSSR count). The minimum Gasteiger partial charge on any atom is -0.310 e. The van der Waals surface area contributed by atoms with Crippen molar-refractivity contribution < 1.29 is 0 Å². The van der Waals surface area contributed by atoms with Crippen molar-refractivity contribution in [2.75, 3.05) is 4.90 Å². The largest absolute Gasteiger partial charge is 0.310 e. The quantitative estimate of drug-likeness (QED) is 0.140. The molecule has 360 valence electrons. The van der Waals surface area contributed by atoms with Gasteiger partial charge in [0.05, 0.1) is 22.1 Å². The fraction of sp³-hybridized carbons (Fsp3) is 0.0133. The van der Waals surface area contributed by atoms with Crippen molar-refractivity contribution in [3.63, 3.8) is 0 Å². The molecule has 2 nitrogen and oxygen atoms in total. The SMILES string of the molecule is c1ccc(-c2ccc3cc(N(c4cccc(-c5ccc(-c6ccc7c(c6)c6ccccc6n7-c6cccc7ccccc67)cc5)c4)c4ccc5c(c4)C(c4ccccc4)(c4ccccc4)c4ccccc4-5)ccc3c2)cc1. The van der Waals surface area contributed by atoms with E-state index in [1.54, 1.807) is 0 Å². The van der Waals surface area contributed by atoms with Gasteiger partial charge in [-0.05, 0) is 150 Å². The van der Waals surface area contributed by atoms with Gasteiger partial charge in [-0.3, -0.25) is 0 Å². The van der Waals surface area contributed by atoms with Gasteiger partial charge < -0.3 is 9.47 Å². The van der Waals surface area contributed by atoms with Crippen molar-refractivity contribution in [3.05, 3.63) is 326 Å². The highest BCUT2D eigenvalue weighted by molar-refractivity contribution is 6.12. The van der Waals surface area contributed by atoms with Crippen LogP contribution in [0.2, 0.25) is 0 Å². The second-order valence-electron chi connectivity index (χ2n) is 20.4. The molecule has 0 unspecified atom stereocenters. The predicted molar refractivity (Wildman–Crippen MR) is 324 cm³/mol. The summed E-state index contributed by atoms with van der Waals surface area (Å²) in [5.41, 5.74) is 21.0. The number of hydrogen-bond acceptors (Lipinski definition) is 1. The van der Waals surface area contributed by atoms with E-state index in [-0.39, 0.29) is 0 Å². The Morgan fingerprint density at radius 3 is 1.56 bits per heavy atom. The summed E-state index contributed by atoms with van der Waals surface area (Å²) in [6, 6.07) is 112. The van der Waals surface area contributed by atoms with Crippen LogP contribution in [-0.4, -0.2) is 4.57 Å². The second-order valence-corrected chi connectivity index (χ2v) is 20.4. The van der Waals surface area contributed by atoms with Crippen molar-refractivity contribution in [1.82, 2.24) is 4.57 Å². The molecule has 0 spiro atoms. The Morgan fingerprint density at radius 1 is 0.260 bits per heavy atom. The number of para-hydroxylation sites is 1. The van der Waals surface area contributed by atoms with E-state index in [0.29, 0.717) is 0 Å². The van der Waals surface area contributed by atoms with Gasteiger partial charge in [-0.25, -0.2) is 0 Å². The van der Waals surface area contributed by atoms with Crippen molar-refractivity contribution >= 4 is 60.4 Å². The van der Waals surface area contributed by atoms with Gasteiger partial charge in [0.25, 0.3) is 0 Å². The van der Waals surface area contributed by atoms with E-state index < -0.39 is 5.41 Å². The molecule has 77 heavy (non-hydrogen) atoms. The normalized spacial score (nSPS) is 12.5. The Kier molecular flexibility index (Phi) is 10.5. The lowest BCUT2D eigenvalue weighted by Gasteiger charge is -2.35. The molecule has 0 radical (unpaired) electrons. The van der Waals surface area contributed by atoms with E-state index >= 15 is 0 Å². The molecule has 0 aliphatic heterocycles. The van der Waals surface area contributed by atoms with Crippen LogP contribution in [-0.2, 0) is 5.41 Å². The van der Waals surface area contributed by atoms with E-state index in [0.717, 1.165) is 28.2 Å². The summed E-state index contributed by atoms with van der Waals surface area (Å²) in [5.74, 6) is 0. The van der Waals surface area contributed by atoms with E-state index in [9.17, 15) is 0 Å². The molecule has 0 N–H and O–H groups in total. The van der Waals surface area contributed by atoms with Crippen LogP contribution in [0.25, 0.3) is 93.5 Å². The van der Waals surface area contributed by atoms with Gasteiger partial charge in [0.15, 0.2) is 0 Å². The van der Waals surface area contributed by atoms with Crippen LogP contribution in [0.3, 0.4) is 0 Å². The summed E-state index contributed by atoms with van der Waals surface area (Å²) >= 11 is 0. The molecule has 0 saturated carbocycles. The summed E-state index contributed by atoms with van der Waals surface area (Å²) in [6.07, 6.45) is 0. The average Bonchev–Trinajstić information content (AvgIpc) is 4.15. The molecule has 1 aromatic heterocycles. The minimum atomic E-state index is -0.532. The Bertz CT molecular complexity index is 4510. The van der Waals surface area contributed by atoms with Gasteiger partial charge >= 0.3 is 0 Å². The average molecular weight is 979 g/mol. The first-order chi connectivity index (χ1) is 38.2. The number of hydrogen-bond donors (Lipinski definition) is 0. The predicted octanol–water partition coefficient (Wildman–Crippen LogP) is 19.9. The molecule has 0 bridgehead atoms. The van der Waals surface area contributed by atoms with Crippen molar-refractivity contribution in [1.29, 1.82) is 0 Å². The molecule has 1 aliphatic rings. The lowest BCUT2D eigenvalue weighted by molar-refractivity contribution is 0.768. The summed E-state index contributed by atoms with van der Waals surface area (Å²) in [6.45, 7) is 0. The molecule has 1 aliphatic carbocycles. The molecule has 0 fully saturated rings. The van der Waals surface area contributed by atoms with Crippen LogP contribution in [0.1, 0.15) is 22.3 Å². The molecular weight excluding hydrogens is 929 g/mol. The van der Waals surface area contributed by atoms with Crippen molar-refractivity contribution in [3.8, 4) is 50.2 Å². The lowest BCUT2D eigenvalue weighted by atomic mass is 9.67. The number of aromatic nitrogens is 1. The first-order valence-electron chi connectivity index (χ1n) is 26.6. The Balaban J connectivity index is 0.851. The smallest absolute Gasteiger partial charge is 0.0714 e. The highest BCUT2D eigenvalue weighted by Crippen LogP contribution is 2.57. The van der Waals surface area contributed by atoms with Gasteiger partial charge in [-0.1, -0.05) is 237 Å². The Hall–Kier alpha value is -10.0. The molecule has 1 heterocycles. The third-order valence-corrected chi connectivity index (χ3v) is 16.2. The first-order valence-corrected chi connectivity index (χ1v) is 26.6. The number of rotatable bonds is 9. The highest BCUT2D eigenvalue weighted by Gasteiger charge is 2.46. The standard InChI is InChI=1S/C75H50N2/c1-4-18-51(19-5-1)56-38-39-58-48-63(42-40-57(58)46-56)76(64-43-44-67-66-29-12-14-31-70(66)75(71(67)50-64,60-23-6-2-7-24-60)61-25-8-3-9-26-61)62-27-16-22-55(47-62)52-34-36-53(37-35-52)59-41-45-74-69(49-59)68-30-13-15-32-73(68)77(74)72-33-17-21-54-20-10-11-28-65(54)72/h1-50H. The molecule has 0 atom stereocenters. The van der Waals surface area contributed by atoms with Gasteiger partial charge in [-0.15, -0.1) is 0 Å². The Morgan fingerprint density at radius 2 is 0.766 bits per heavy atom. The number of benzene rings is 13. The van der Waals surface area contributed by atoms with Gasteiger partial charge in [0.2, 0.25) is 0 Å². The topological polar surface area (TPSA) is 8.17 Å². The molecule has 14 aromatic rings. The molecule has 0 amide bonds. The second kappa shape index (κ2) is 18.1. The number of nitrogens with zero attached hydrogens (tertiary/aromatic N) is 2. The van der Waals surface area contributed by atoms with E-state index in [1.165, 1.54) is 105 Å². The van der Waals surface area contributed by atoms with Crippen LogP contribution < -0.4 is 4.90 Å². The minimum absolute atomic E-state index is 0.532. The summed E-state index contributed by atoms with van der Waals surface area (Å²) in [4.78, 5) is 2.45. The zero-order valence-corrected chi connectivity index (χ0v) is 42.3. The molecule has 0 saturated heterocycles. The van der Waals surface area contributed by atoms with E-state index in [4.69, 9.17) is 0 Å². The Labute approximate surface area is 448 Å². The van der Waals surface area contributed by atoms with E-state index in [2.05, 4.69) is 313 Å². The maximum absolute atomic E-state index is 2.47. The fourth-order valence-electron chi connectivity index (χ4n) is 12.7. The van der Waals surface area contributed by atoms with E-state index in [1.807, 2.05) is 0 Å². The van der Waals surface area contributed by atoms with Crippen LogP contribution in [0, 0.1) is 0 Å². The molecular formula is C75H50N2. The number of fused-ring (bicyclic) bond motifs is 8. The maximum atomic E-state index is 2.47. The highest BCUT2D eigenvalue weighted by atomic mass is 15.1. The monoisotopic (exact) mass is 978 g/mol. The third kappa shape index (κ3) is 7.25. The maximum Gasteiger partial charge on any atom is 0.0714 e. The van der Waals surface area contributed by atoms with Crippen LogP contribution >= 0.6 is 0 Å².